The lowest BCUT2D eigenvalue weighted by Crippen LogP contribution is -2.42. The van der Waals surface area contributed by atoms with E-state index in [0.29, 0.717) is 10.6 Å². The van der Waals surface area contributed by atoms with Crippen molar-refractivity contribution >= 4 is 34.4 Å². The lowest BCUT2D eigenvalue weighted by Gasteiger charge is -2.15. The molecule has 2 aromatic carbocycles. The van der Waals surface area contributed by atoms with Crippen molar-refractivity contribution in [2.75, 3.05) is 0 Å². The summed E-state index contributed by atoms with van der Waals surface area (Å²) in [7, 11) is 0. The van der Waals surface area contributed by atoms with Gasteiger partial charge in [-0.05, 0) is 29.8 Å². The highest BCUT2D eigenvalue weighted by Gasteiger charge is 2.21. The molecule has 0 radical (unpaired) electrons. The van der Waals surface area contributed by atoms with Crippen LogP contribution in [0.2, 0.25) is 5.02 Å². The average Bonchev–Trinajstić information content (AvgIpc) is 2.60. The van der Waals surface area contributed by atoms with E-state index in [4.69, 9.17) is 11.6 Å². The molecule has 0 saturated heterocycles. The Morgan fingerprint density at radius 2 is 1.92 bits per heavy atom. The van der Waals surface area contributed by atoms with E-state index in [0.717, 1.165) is 16.5 Å². The number of pyridine rings is 1. The monoisotopic (exact) mass is 354 g/mol. The Bertz CT molecular complexity index is 943. The van der Waals surface area contributed by atoms with Crippen molar-refractivity contribution in [2.45, 2.75) is 12.5 Å². The van der Waals surface area contributed by atoms with Gasteiger partial charge in [0.25, 0.3) is 5.91 Å². The minimum absolute atomic E-state index is 0.142. The summed E-state index contributed by atoms with van der Waals surface area (Å²) in [6.45, 7) is 0. The molecule has 1 heterocycles. The fraction of sp³-hybridized carbons (Fsp3) is 0.105. The summed E-state index contributed by atoms with van der Waals surface area (Å²) in [6, 6.07) is 14.9. The topological polar surface area (TPSA) is 79.3 Å². The number of hydrogen-bond donors (Lipinski definition) is 2. The highest BCUT2D eigenvalue weighted by Crippen LogP contribution is 2.14. The summed E-state index contributed by atoms with van der Waals surface area (Å²) in [4.78, 5) is 28.1. The second-order valence-corrected chi connectivity index (χ2v) is 6.05. The summed E-state index contributed by atoms with van der Waals surface area (Å²) < 4.78 is 0. The number of carboxylic acids is 1. The summed E-state index contributed by atoms with van der Waals surface area (Å²) in [5, 5.41) is 13.3. The largest absolute Gasteiger partial charge is 0.480 e. The van der Waals surface area contributed by atoms with E-state index in [1.807, 2.05) is 24.3 Å². The molecule has 0 aliphatic rings. The number of aromatic nitrogens is 1. The van der Waals surface area contributed by atoms with Gasteiger partial charge in [0.1, 0.15) is 6.04 Å². The smallest absolute Gasteiger partial charge is 0.326 e. The number of para-hydroxylation sites is 1. The molecule has 6 heteroatoms. The number of benzene rings is 2. The highest BCUT2D eigenvalue weighted by molar-refractivity contribution is 6.30. The normalized spacial score (nSPS) is 11.9. The Morgan fingerprint density at radius 1 is 1.12 bits per heavy atom. The molecule has 3 aromatic rings. The molecule has 126 valence electrons. The number of nitrogens with zero attached hydrogens (tertiary/aromatic N) is 1. The maximum absolute atomic E-state index is 12.4. The van der Waals surface area contributed by atoms with Gasteiger partial charge in [0.15, 0.2) is 0 Å². The van der Waals surface area contributed by atoms with Gasteiger partial charge in [0.2, 0.25) is 0 Å². The number of carbonyl (C=O) groups excluding carboxylic acids is 1. The number of carboxylic acid groups (broad SMARTS) is 1. The predicted octanol–water partition coefficient (Wildman–Crippen LogP) is 3.31. The van der Waals surface area contributed by atoms with E-state index in [2.05, 4.69) is 10.3 Å². The van der Waals surface area contributed by atoms with Crippen LogP contribution in [0, 0.1) is 0 Å². The third kappa shape index (κ3) is 4.14. The molecule has 0 fully saturated rings. The number of hydrogen-bond acceptors (Lipinski definition) is 3. The summed E-state index contributed by atoms with van der Waals surface area (Å²) in [5.74, 6) is -1.59. The third-order valence-electron chi connectivity index (χ3n) is 3.78. The van der Waals surface area contributed by atoms with E-state index >= 15 is 0 Å². The average molecular weight is 355 g/mol. The minimum atomic E-state index is -1.11. The van der Waals surface area contributed by atoms with Gasteiger partial charge in [-0.25, -0.2) is 4.79 Å². The fourth-order valence-electron chi connectivity index (χ4n) is 2.54. The first-order valence-electron chi connectivity index (χ1n) is 7.66. The first-order chi connectivity index (χ1) is 12.0. The summed E-state index contributed by atoms with van der Waals surface area (Å²) >= 11 is 5.92. The number of nitrogens with one attached hydrogen (secondary N) is 1. The number of amides is 1. The van der Waals surface area contributed by atoms with Crippen molar-refractivity contribution in [2.24, 2.45) is 0 Å². The lowest BCUT2D eigenvalue weighted by atomic mass is 10.1. The molecule has 1 aromatic heterocycles. The molecule has 0 bridgehead atoms. The quantitative estimate of drug-likeness (QED) is 0.736. The molecule has 3 rings (SSSR count). The zero-order valence-corrected chi connectivity index (χ0v) is 13.9. The van der Waals surface area contributed by atoms with Crippen LogP contribution < -0.4 is 5.32 Å². The molecular weight excluding hydrogens is 340 g/mol. The number of fused-ring (bicyclic) bond motifs is 1. The van der Waals surface area contributed by atoms with Crippen molar-refractivity contribution in [1.82, 2.24) is 10.3 Å². The van der Waals surface area contributed by atoms with Crippen molar-refractivity contribution in [3.8, 4) is 0 Å². The lowest BCUT2D eigenvalue weighted by molar-refractivity contribution is -0.139. The van der Waals surface area contributed by atoms with Crippen LogP contribution in [-0.4, -0.2) is 28.0 Å². The van der Waals surface area contributed by atoms with Gasteiger partial charge in [0.05, 0.1) is 11.1 Å². The van der Waals surface area contributed by atoms with Crippen LogP contribution in [0.25, 0.3) is 10.9 Å². The Kier molecular flexibility index (Phi) is 4.95. The van der Waals surface area contributed by atoms with Gasteiger partial charge in [-0.3, -0.25) is 9.78 Å². The van der Waals surface area contributed by atoms with Gasteiger partial charge in [0, 0.05) is 23.0 Å². The van der Waals surface area contributed by atoms with Gasteiger partial charge in [-0.15, -0.1) is 0 Å². The van der Waals surface area contributed by atoms with Crippen molar-refractivity contribution in [3.05, 3.63) is 76.9 Å². The van der Waals surface area contributed by atoms with Crippen LogP contribution in [0.4, 0.5) is 0 Å². The van der Waals surface area contributed by atoms with Gasteiger partial charge < -0.3 is 10.4 Å². The van der Waals surface area contributed by atoms with E-state index < -0.39 is 17.9 Å². The van der Waals surface area contributed by atoms with Crippen LogP contribution >= 0.6 is 11.6 Å². The summed E-state index contributed by atoms with van der Waals surface area (Å²) in [5.41, 5.74) is 1.82. The Balaban J connectivity index is 1.78. The molecular formula is C19H15ClN2O3. The zero-order valence-electron chi connectivity index (χ0n) is 13.1. The first kappa shape index (κ1) is 16.9. The maximum atomic E-state index is 12.4. The molecule has 0 unspecified atom stereocenters. The molecule has 0 saturated carbocycles. The zero-order chi connectivity index (χ0) is 17.8. The molecule has 2 N–H and O–H groups in total. The van der Waals surface area contributed by atoms with E-state index in [1.54, 1.807) is 30.3 Å². The van der Waals surface area contributed by atoms with Crippen LogP contribution in [0.1, 0.15) is 15.9 Å². The van der Waals surface area contributed by atoms with E-state index in [-0.39, 0.29) is 6.42 Å². The molecule has 0 spiro atoms. The molecule has 1 atom stereocenters. The predicted molar refractivity (Wildman–Crippen MR) is 95.8 cm³/mol. The molecule has 5 nitrogen and oxygen atoms in total. The number of carbonyl (C=O) groups is 2. The fourth-order valence-corrected chi connectivity index (χ4v) is 2.75. The Labute approximate surface area is 149 Å². The SMILES string of the molecule is O=C(N[C@H](Cc1cccc(Cl)c1)C(=O)O)c1cnc2ccccc2c1. The van der Waals surface area contributed by atoms with Crippen LogP contribution in [0.5, 0.6) is 0 Å². The van der Waals surface area contributed by atoms with Crippen LogP contribution in [-0.2, 0) is 11.2 Å². The standard InChI is InChI=1S/C19H15ClN2O3/c20-15-6-3-4-12(8-15)9-17(19(24)25)22-18(23)14-10-13-5-1-2-7-16(13)21-11-14/h1-8,10-11,17H,9H2,(H,22,23)(H,24,25)/t17-/m1/s1. The second-order valence-electron chi connectivity index (χ2n) is 5.62. The van der Waals surface area contributed by atoms with E-state index in [1.165, 1.54) is 6.20 Å². The van der Waals surface area contributed by atoms with Crippen molar-refractivity contribution in [1.29, 1.82) is 0 Å². The van der Waals surface area contributed by atoms with Crippen LogP contribution in [0.3, 0.4) is 0 Å². The highest BCUT2D eigenvalue weighted by atomic mass is 35.5. The van der Waals surface area contributed by atoms with Gasteiger partial charge in [-0.1, -0.05) is 41.9 Å². The van der Waals surface area contributed by atoms with E-state index in [9.17, 15) is 14.7 Å². The number of aliphatic carboxylic acids is 1. The molecule has 0 aliphatic carbocycles. The first-order valence-corrected chi connectivity index (χ1v) is 8.03. The Morgan fingerprint density at radius 3 is 2.68 bits per heavy atom. The minimum Gasteiger partial charge on any atom is -0.480 e. The number of halogens is 1. The summed E-state index contributed by atoms with van der Waals surface area (Å²) in [6.07, 6.45) is 1.58. The molecule has 0 aliphatic heterocycles. The Hall–Kier alpha value is -2.92. The second kappa shape index (κ2) is 7.32. The molecule has 1 amide bonds. The third-order valence-corrected chi connectivity index (χ3v) is 4.02. The van der Waals surface area contributed by atoms with Gasteiger partial charge in [-0.2, -0.15) is 0 Å². The number of rotatable bonds is 5. The maximum Gasteiger partial charge on any atom is 0.326 e. The molecule has 25 heavy (non-hydrogen) atoms. The van der Waals surface area contributed by atoms with Crippen molar-refractivity contribution in [3.63, 3.8) is 0 Å². The van der Waals surface area contributed by atoms with Crippen LogP contribution in [0.15, 0.2) is 60.8 Å². The van der Waals surface area contributed by atoms with Gasteiger partial charge >= 0.3 is 5.97 Å². The van der Waals surface area contributed by atoms with Crippen molar-refractivity contribution < 1.29 is 14.7 Å².